The average molecular weight is 564 g/mol. The molecule has 1 aliphatic rings. The number of guanidine groups is 1. The quantitative estimate of drug-likeness (QED) is 0.300. The molecular weight excluding hydrogens is 536 g/mol. The van der Waals surface area contributed by atoms with Crippen molar-refractivity contribution < 1.29 is 22.4 Å². The largest absolute Gasteiger partial charge is 0.469 e. The number of primary amides is 1. The first kappa shape index (κ1) is 26.0. The predicted octanol–water partition coefficient (Wildman–Crippen LogP) is 4.19. The van der Waals surface area contributed by atoms with Crippen LogP contribution in [0.15, 0.2) is 52.1 Å². The second-order valence-corrected chi connectivity index (χ2v) is 7.72. The van der Waals surface area contributed by atoms with E-state index < -0.39 is 11.7 Å². The Balaban J connectivity index is 0.00000363. The minimum absolute atomic E-state index is 0. The van der Waals surface area contributed by atoms with Crippen LogP contribution in [-0.4, -0.2) is 36.4 Å². The van der Waals surface area contributed by atoms with E-state index in [4.69, 9.17) is 10.2 Å². The maximum absolute atomic E-state index is 13.0. The molecule has 1 saturated heterocycles. The summed E-state index contributed by atoms with van der Waals surface area (Å²) in [6.07, 6.45) is -0.0270. The highest BCUT2D eigenvalue weighted by molar-refractivity contribution is 14.0. The first-order chi connectivity index (χ1) is 14.8. The van der Waals surface area contributed by atoms with Gasteiger partial charge in [0.15, 0.2) is 5.96 Å². The summed E-state index contributed by atoms with van der Waals surface area (Å²) in [5, 5.41) is 3.29. The Morgan fingerprint density at radius 1 is 1.28 bits per heavy atom. The van der Waals surface area contributed by atoms with Gasteiger partial charge >= 0.3 is 6.18 Å². The van der Waals surface area contributed by atoms with Crippen LogP contribution >= 0.6 is 24.0 Å². The van der Waals surface area contributed by atoms with Crippen LogP contribution in [0.3, 0.4) is 0 Å². The number of rotatable bonds is 7. The molecule has 3 N–H and O–H groups in total. The van der Waals surface area contributed by atoms with Crippen LogP contribution in [-0.2, 0) is 23.9 Å². The van der Waals surface area contributed by atoms with Crippen LogP contribution in [0.1, 0.15) is 36.1 Å². The number of aliphatic imine (C=N–C) groups is 1. The molecule has 1 atom stereocenters. The van der Waals surface area contributed by atoms with Crippen molar-refractivity contribution >= 4 is 35.8 Å². The standard InChI is InChI=1S/C22H27F3N4O2.HI/c23-22(24,25)18-6-1-4-16(12-18)14-28-21(27-9-8-19-7-3-11-31-19)29-10-2-5-17(15-29)13-20(26)30;/h1,3-4,6-7,11-12,17H,2,5,8-10,13-15H2,(H2,26,30)(H,27,28);1H. The molecular formula is C22H28F3IN4O2. The Morgan fingerprint density at radius 3 is 2.78 bits per heavy atom. The molecule has 1 fully saturated rings. The summed E-state index contributed by atoms with van der Waals surface area (Å²) in [6.45, 7) is 2.05. The summed E-state index contributed by atoms with van der Waals surface area (Å²) in [7, 11) is 0. The van der Waals surface area contributed by atoms with Gasteiger partial charge < -0.3 is 20.4 Å². The first-order valence-electron chi connectivity index (χ1n) is 10.3. The van der Waals surface area contributed by atoms with Crippen molar-refractivity contribution in [1.29, 1.82) is 0 Å². The Labute approximate surface area is 202 Å². The number of furan rings is 1. The molecule has 32 heavy (non-hydrogen) atoms. The maximum atomic E-state index is 13.0. The second kappa shape index (κ2) is 12.1. The summed E-state index contributed by atoms with van der Waals surface area (Å²) < 4.78 is 44.4. The molecule has 0 radical (unpaired) electrons. The highest BCUT2D eigenvalue weighted by Crippen LogP contribution is 2.29. The molecule has 1 aromatic heterocycles. The average Bonchev–Trinajstić information content (AvgIpc) is 3.23. The number of alkyl halides is 3. The lowest BCUT2D eigenvalue weighted by molar-refractivity contribution is -0.137. The number of halogens is 4. The summed E-state index contributed by atoms with van der Waals surface area (Å²) in [4.78, 5) is 18.0. The summed E-state index contributed by atoms with van der Waals surface area (Å²) >= 11 is 0. The topological polar surface area (TPSA) is 83.9 Å². The molecule has 1 aliphatic heterocycles. The Kier molecular flexibility index (Phi) is 9.85. The lowest BCUT2D eigenvalue weighted by atomic mass is 9.95. The van der Waals surface area contributed by atoms with Gasteiger partial charge in [-0.3, -0.25) is 4.79 Å². The van der Waals surface area contributed by atoms with Gasteiger partial charge in [0.1, 0.15) is 5.76 Å². The molecule has 2 heterocycles. The zero-order valence-corrected chi connectivity index (χ0v) is 19.9. The Morgan fingerprint density at radius 2 is 2.09 bits per heavy atom. The fourth-order valence-corrected chi connectivity index (χ4v) is 3.74. The van der Waals surface area contributed by atoms with E-state index in [2.05, 4.69) is 10.3 Å². The van der Waals surface area contributed by atoms with Gasteiger partial charge in [0.05, 0.1) is 18.4 Å². The first-order valence-corrected chi connectivity index (χ1v) is 10.3. The van der Waals surface area contributed by atoms with Crippen molar-refractivity contribution in [3.8, 4) is 0 Å². The third kappa shape index (κ3) is 8.03. The minimum Gasteiger partial charge on any atom is -0.469 e. The number of carbonyl (C=O) groups excluding carboxylic acids is 1. The molecule has 1 amide bonds. The number of carbonyl (C=O) groups is 1. The highest BCUT2D eigenvalue weighted by atomic mass is 127. The van der Waals surface area contributed by atoms with Gasteiger partial charge in [-0.1, -0.05) is 12.1 Å². The molecule has 10 heteroatoms. The van der Waals surface area contributed by atoms with Gasteiger partial charge in [0.25, 0.3) is 0 Å². The van der Waals surface area contributed by atoms with E-state index in [0.29, 0.717) is 37.5 Å². The van der Waals surface area contributed by atoms with Crippen molar-refractivity contribution in [1.82, 2.24) is 10.2 Å². The van der Waals surface area contributed by atoms with Crippen molar-refractivity contribution in [3.63, 3.8) is 0 Å². The monoisotopic (exact) mass is 564 g/mol. The number of nitrogens with zero attached hydrogens (tertiary/aromatic N) is 2. The van der Waals surface area contributed by atoms with Gasteiger partial charge in [-0.25, -0.2) is 4.99 Å². The van der Waals surface area contributed by atoms with E-state index in [1.165, 1.54) is 6.07 Å². The van der Waals surface area contributed by atoms with Gasteiger partial charge in [-0.05, 0) is 48.6 Å². The van der Waals surface area contributed by atoms with E-state index in [-0.39, 0.29) is 42.3 Å². The molecule has 1 aromatic carbocycles. The number of likely N-dealkylation sites (tertiary alicyclic amines) is 1. The zero-order chi connectivity index (χ0) is 22.3. The molecule has 0 bridgehead atoms. The van der Waals surface area contributed by atoms with Crippen molar-refractivity contribution in [2.24, 2.45) is 16.6 Å². The van der Waals surface area contributed by atoms with Gasteiger partial charge in [-0.15, -0.1) is 24.0 Å². The second-order valence-electron chi connectivity index (χ2n) is 7.72. The van der Waals surface area contributed by atoms with Gasteiger partial charge in [0.2, 0.25) is 5.91 Å². The number of nitrogens with one attached hydrogen (secondary N) is 1. The van der Waals surface area contributed by atoms with Crippen molar-refractivity contribution in [2.75, 3.05) is 19.6 Å². The smallest absolute Gasteiger partial charge is 0.416 e. The molecule has 1 unspecified atom stereocenters. The van der Waals surface area contributed by atoms with E-state index in [9.17, 15) is 18.0 Å². The van der Waals surface area contributed by atoms with E-state index in [0.717, 1.165) is 37.3 Å². The number of hydrogen-bond acceptors (Lipinski definition) is 3. The van der Waals surface area contributed by atoms with Gasteiger partial charge in [0, 0.05) is 32.5 Å². The van der Waals surface area contributed by atoms with Crippen molar-refractivity contribution in [3.05, 3.63) is 59.5 Å². The van der Waals surface area contributed by atoms with E-state index in [1.54, 1.807) is 12.3 Å². The van der Waals surface area contributed by atoms with Crippen LogP contribution in [0.4, 0.5) is 13.2 Å². The van der Waals surface area contributed by atoms with Crippen LogP contribution in [0, 0.1) is 5.92 Å². The molecule has 2 aromatic rings. The minimum atomic E-state index is -4.39. The number of piperidine rings is 1. The fourth-order valence-electron chi connectivity index (χ4n) is 3.74. The zero-order valence-electron chi connectivity index (χ0n) is 17.6. The molecule has 0 spiro atoms. The Bertz CT molecular complexity index is 888. The normalized spacial score (nSPS) is 17.0. The van der Waals surface area contributed by atoms with Gasteiger partial charge in [-0.2, -0.15) is 13.2 Å². The lowest BCUT2D eigenvalue weighted by Crippen LogP contribution is -2.47. The number of hydrogen-bond donors (Lipinski definition) is 2. The Hall–Kier alpha value is -2.24. The van der Waals surface area contributed by atoms with Crippen LogP contribution in [0.2, 0.25) is 0 Å². The lowest BCUT2D eigenvalue weighted by Gasteiger charge is -2.34. The fraction of sp³-hybridized carbons (Fsp3) is 0.455. The molecule has 176 valence electrons. The maximum Gasteiger partial charge on any atom is 0.416 e. The molecule has 0 saturated carbocycles. The number of amides is 1. The highest BCUT2D eigenvalue weighted by Gasteiger charge is 2.30. The molecule has 3 rings (SSSR count). The molecule has 0 aliphatic carbocycles. The van der Waals surface area contributed by atoms with Crippen LogP contribution < -0.4 is 11.1 Å². The predicted molar refractivity (Wildman–Crippen MR) is 127 cm³/mol. The number of benzene rings is 1. The van der Waals surface area contributed by atoms with E-state index >= 15 is 0 Å². The summed E-state index contributed by atoms with van der Waals surface area (Å²) in [5.74, 6) is 1.24. The van der Waals surface area contributed by atoms with Crippen LogP contribution in [0.5, 0.6) is 0 Å². The third-order valence-corrected chi connectivity index (χ3v) is 5.21. The van der Waals surface area contributed by atoms with Crippen molar-refractivity contribution in [2.45, 2.75) is 38.4 Å². The molecule has 6 nitrogen and oxygen atoms in total. The van der Waals surface area contributed by atoms with E-state index in [1.807, 2.05) is 17.0 Å². The summed E-state index contributed by atoms with van der Waals surface area (Å²) in [6, 6.07) is 8.89. The van der Waals surface area contributed by atoms with Crippen LogP contribution in [0.25, 0.3) is 0 Å². The SMILES string of the molecule is I.NC(=O)CC1CCCN(C(=NCc2cccc(C(F)(F)F)c2)NCCc2ccco2)C1. The third-order valence-electron chi connectivity index (χ3n) is 5.21. The number of nitrogens with two attached hydrogens (primary N) is 1. The summed E-state index contributed by atoms with van der Waals surface area (Å²) in [5.41, 5.74) is 5.15.